The zero-order valence-corrected chi connectivity index (χ0v) is 16.2. The highest BCUT2D eigenvalue weighted by atomic mass is 16.3. The minimum Gasteiger partial charge on any atom is -0.457 e. The molecule has 0 fully saturated rings. The smallest absolute Gasteiger partial charge is 0.212 e. The summed E-state index contributed by atoms with van der Waals surface area (Å²) in [6, 6.07) is 14.6. The van der Waals surface area contributed by atoms with Gasteiger partial charge in [-0.3, -0.25) is 0 Å². The third kappa shape index (κ3) is 2.98. The Morgan fingerprint density at radius 3 is 2.52 bits per heavy atom. The van der Waals surface area contributed by atoms with Crippen LogP contribution in [0, 0.1) is 19.4 Å². The standard InChI is InChI=1S/C24H23N2O/c1-15(2)10-17-12-20-19-11-16(3)18(22-8-6-7-9-26(22)5)13-23(19)27-24(20)14-21(17)25-4/h6-9,11-15H,10H2,1-3,5H3/q+1. The second-order valence-electron chi connectivity index (χ2n) is 7.65. The van der Waals surface area contributed by atoms with Gasteiger partial charge in [-0.25, -0.2) is 9.41 Å². The van der Waals surface area contributed by atoms with Crippen molar-refractivity contribution in [3.63, 3.8) is 0 Å². The molecule has 3 nitrogen and oxygen atoms in total. The fourth-order valence-electron chi connectivity index (χ4n) is 3.80. The second-order valence-corrected chi connectivity index (χ2v) is 7.65. The van der Waals surface area contributed by atoms with Gasteiger partial charge < -0.3 is 4.42 Å². The van der Waals surface area contributed by atoms with Crippen molar-refractivity contribution in [1.82, 2.24) is 0 Å². The predicted octanol–water partition coefficient (Wildman–Crippen LogP) is 6.14. The van der Waals surface area contributed by atoms with Crippen molar-refractivity contribution in [2.75, 3.05) is 0 Å². The van der Waals surface area contributed by atoms with Crippen LogP contribution in [0.5, 0.6) is 0 Å². The van der Waals surface area contributed by atoms with Crippen LogP contribution in [0.25, 0.3) is 38.0 Å². The van der Waals surface area contributed by atoms with Crippen molar-refractivity contribution in [2.45, 2.75) is 27.2 Å². The Balaban J connectivity index is 1.97. The summed E-state index contributed by atoms with van der Waals surface area (Å²) in [7, 11) is 2.05. The van der Waals surface area contributed by atoms with Gasteiger partial charge in [-0.15, -0.1) is 0 Å². The molecule has 0 N–H and O–H groups in total. The van der Waals surface area contributed by atoms with E-state index in [2.05, 4.69) is 73.8 Å². The SMILES string of the molecule is [C-]#[N+]c1cc2oc3cc(-c4cccc[n+]4C)c(C)cc3c2cc1CC(C)C. The molecule has 134 valence electrons. The molecule has 0 amide bonds. The van der Waals surface area contributed by atoms with E-state index in [4.69, 9.17) is 11.0 Å². The monoisotopic (exact) mass is 355 g/mol. The summed E-state index contributed by atoms with van der Waals surface area (Å²) in [4.78, 5) is 3.72. The summed E-state index contributed by atoms with van der Waals surface area (Å²) in [5, 5.41) is 2.21. The Kier molecular flexibility index (Phi) is 4.20. The largest absolute Gasteiger partial charge is 0.457 e. The first kappa shape index (κ1) is 17.3. The zero-order valence-electron chi connectivity index (χ0n) is 16.2. The summed E-state index contributed by atoms with van der Waals surface area (Å²) in [5.41, 5.74) is 6.99. The van der Waals surface area contributed by atoms with Gasteiger partial charge in [0.25, 0.3) is 0 Å². The summed E-state index contributed by atoms with van der Waals surface area (Å²) in [6.45, 7) is 14.0. The molecule has 4 rings (SSSR count). The van der Waals surface area contributed by atoms with Crippen LogP contribution in [0.2, 0.25) is 0 Å². The van der Waals surface area contributed by atoms with Gasteiger partial charge in [0.2, 0.25) is 5.69 Å². The Morgan fingerprint density at radius 2 is 1.81 bits per heavy atom. The summed E-state index contributed by atoms with van der Waals surface area (Å²) < 4.78 is 8.28. The minimum absolute atomic E-state index is 0.507. The van der Waals surface area contributed by atoms with E-state index in [0.29, 0.717) is 11.6 Å². The molecule has 2 aromatic heterocycles. The molecular formula is C24H23N2O+. The molecular weight excluding hydrogens is 332 g/mol. The molecule has 0 bridgehead atoms. The number of hydrogen-bond acceptors (Lipinski definition) is 1. The molecule has 0 aliphatic rings. The third-order valence-corrected chi connectivity index (χ3v) is 5.10. The first-order valence-electron chi connectivity index (χ1n) is 9.30. The number of rotatable bonds is 3. The van der Waals surface area contributed by atoms with Gasteiger partial charge in [-0.05, 0) is 54.7 Å². The summed E-state index contributed by atoms with van der Waals surface area (Å²) in [6.07, 6.45) is 2.95. The average molecular weight is 355 g/mol. The highest BCUT2D eigenvalue weighted by Gasteiger charge is 2.17. The quantitative estimate of drug-likeness (QED) is 0.320. The summed E-state index contributed by atoms with van der Waals surface area (Å²) in [5.74, 6) is 0.507. The average Bonchev–Trinajstić information content (AvgIpc) is 2.97. The molecule has 0 spiro atoms. The van der Waals surface area contributed by atoms with Crippen molar-refractivity contribution in [3.8, 4) is 11.3 Å². The molecule has 0 saturated carbocycles. The van der Waals surface area contributed by atoms with Crippen molar-refractivity contribution >= 4 is 27.6 Å². The van der Waals surface area contributed by atoms with Gasteiger partial charge in [0, 0.05) is 22.9 Å². The molecule has 2 aromatic carbocycles. The van der Waals surface area contributed by atoms with E-state index in [1.807, 2.05) is 12.1 Å². The number of nitrogens with zero attached hydrogens (tertiary/aromatic N) is 2. The fourth-order valence-corrected chi connectivity index (χ4v) is 3.80. The van der Waals surface area contributed by atoms with E-state index in [9.17, 15) is 0 Å². The number of pyridine rings is 1. The van der Waals surface area contributed by atoms with Gasteiger partial charge in [0.1, 0.15) is 18.2 Å². The predicted molar refractivity (Wildman–Crippen MR) is 110 cm³/mol. The maximum atomic E-state index is 7.52. The van der Waals surface area contributed by atoms with E-state index >= 15 is 0 Å². The van der Waals surface area contributed by atoms with E-state index in [1.54, 1.807) is 0 Å². The fraction of sp³-hybridized carbons (Fsp3) is 0.250. The van der Waals surface area contributed by atoms with Gasteiger partial charge in [-0.2, -0.15) is 0 Å². The van der Waals surface area contributed by atoms with Crippen molar-refractivity contribution in [2.24, 2.45) is 13.0 Å². The van der Waals surface area contributed by atoms with Crippen molar-refractivity contribution < 1.29 is 8.98 Å². The highest BCUT2D eigenvalue weighted by molar-refractivity contribution is 6.07. The molecule has 0 saturated heterocycles. The summed E-state index contributed by atoms with van der Waals surface area (Å²) >= 11 is 0. The lowest BCUT2D eigenvalue weighted by molar-refractivity contribution is -0.660. The number of fused-ring (bicyclic) bond motifs is 3. The number of aryl methyl sites for hydroxylation is 2. The Morgan fingerprint density at radius 1 is 1.07 bits per heavy atom. The molecule has 2 heterocycles. The van der Waals surface area contributed by atoms with Crippen LogP contribution in [0.1, 0.15) is 25.0 Å². The first-order valence-corrected chi connectivity index (χ1v) is 9.30. The molecule has 3 heteroatoms. The lowest BCUT2D eigenvalue weighted by Gasteiger charge is -2.07. The maximum absolute atomic E-state index is 7.52. The molecule has 0 atom stereocenters. The maximum Gasteiger partial charge on any atom is 0.212 e. The molecule has 0 radical (unpaired) electrons. The van der Waals surface area contributed by atoms with Gasteiger partial charge in [0.05, 0.1) is 12.1 Å². The zero-order chi connectivity index (χ0) is 19.1. The lowest BCUT2D eigenvalue weighted by Crippen LogP contribution is -2.30. The van der Waals surface area contributed by atoms with E-state index in [1.165, 1.54) is 5.56 Å². The molecule has 0 aliphatic carbocycles. The Labute approximate surface area is 159 Å². The minimum atomic E-state index is 0.507. The van der Waals surface area contributed by atoms with Crippen LogP contribution in [-0.2, 0) is 13.5 Å². The molecule has 27 heavy (non-hydrogen) atoms. The lowest BCUT2D eigenvalue weighted by atomic mass is 9.97. The van der Waals surface area contributed by atoms with Crippen molar-refractivity contribution in [1.29, 1.82) is 0 Å². The van der Waals surface area contributed by atoms with E-state index < -0.39 is 0 Å². The Hall–Kier alpha value is -3.12. The van der Waals surface area contributed by atoms with Crippen LogP contribution in [0.3, 0.4) is 0 Å². The van der Waals surface area contributed by atoms with E-state index in [0.717, 1.165) is 45.2 Å². The first-order chi connectivity index (χ1) is 13.0. The highest BCUT2D eigenvalue weighted by Crippen LogP contribution is 2.37. The third-order valence-electron chi connectivity index (χ3n) is 5.10. The number of furan rings is 1. The molecule has 0 unspecified atom stereocenters. The van der Waals surface area contributed by atoms with Gasteiger partial charge in [-0.1, -0.05) is 19.9 Å². The van der Waals surface area contributed by atoms with Crippen LogP contribution in [0.4, 0.5) is 5.69 Å². The number of benzene rings is 2. The van der Waals surface area contributed by atoms with Crippen LogP contribution in [-0.4, -0.2) is 0 Å². The van der Waals surface area contributed by atoms with Crippen molar-refractivity contribution in [3.05, 3.63) is 71.2 Å². The number of hydrogen-bond donors (Lipinski definition) is 0. The van der Waals surface area contributed by atoms with Crippen LogP contribution < -0.4 is 4.57 Å². The molecule has 0 aliphatic heterocycles. The van der Waals surface area contributed by atoms with Gasteiger partial charge >= 0.3 is 0 Å². The van der Waals surface area contributed by atoms with Gasteiger partial charge in [0.15, 0.2) is 11.9 Å². The second kappa shape index (κ2) is 6.55. The Bertz CT molecular complexity index is 1210. The van der Waals surface area contributed by atoms with Crippen LogP contribution in [0.15, 0.2) is 53.1 Å². The topological polar surface area (TPSA) is 21.4 Å². The number of aromatic nitrogens is 1. The van der Waals surface area contributed by atoms with E-state index in [-0.39, 0.29) is 0 Å². The van der Waals surface area contributed by atoms with Crippen LogP contribution >= 0.6 is 0 Å². The molecule has 4 aromatic rings. The normalized spacial score (nSPS) is 11.4.